The van der Waals surface area contributed by atoms with Crippen molar-refractivity contribution in [3.8, 4) is 0 Å². The molecule has 0 radical (unpaired) electrons. The van der Waals surface area contributed by atoms with Crippen LogP contribution in [0, 0.1) is 5.82 Å². The summed E-state index contributed by atoms with van der Waals surface area (Å²) in [6.07, 6.45) is 0. The summed E-state index contributed by atoms with van der Waals surface area (Å²) < 4.78 is 12.9. The van der Waals surface area contributed by atoms with Crippen LogP contribution in [0.3, 0.4) is 0 Å². The van der Waals surface area contributed by atoms with Gasteiger partial charge in [0.25, 0.3) is 0 Å². The first-order valence-corrected chi connectivity index (χ1v) is 5.40. The van der Waals surface area contributed by atoms with Crippen LogP contribution in [-0.2, 0) is 0 Å². The number of hydrogen-bond acceptors (Lipinski definition) is 2. The maximum absolute atomic E-state index is 12.9. The van der Waals surface area contributed by atoms with E-state index in [1.807, 2.05) is 34.0 Å². The van der Waals surface area contributed by atoms with Gasteiger partial charge in [-0.2, -0.15) is 0 Å². The molecule has 0 saturated carbocycles. The third-order valence-corrected chi connectivity index (χ3v) is 2.53. The molecule has 1 aromatic carbocycles. The lowest BCUT2D eigenvalue weighted by atomic mass is 10.2. The van der Waals surface area contributed by atoms with Crippen molar-refractivity contribution in [2.45, 2.75) is 13.8 Å². The highest BCUT2D eigenvalue weighted by atomic mass is 19.1. The molecule has 1 heterocycles. The summed E-state index contributed by atoms with van der Waals surface area (Å²) >= 11 is 0. The number of hydrogen-bond donors (Lipinski definition) is 0. The molecule has 0 bridgehead atoms. The van der Waals surface area contributed by atoms with E-state index in [-0.39, 0.29) is 5.82 Å². The molecule has 0 saturated heterocycles. The Morgan fingerprint density at radius 2 is 1.53 bits per heavy atom. The molecule has 1 aromatic rings. The maximum atomic E-state index is 12.9. The van der Waals surface area contributed by atoms with Gasteiger partial charge in [0, 0.05) is 27.2 Å². The van der Waals surface area contributed by atoms with Crippen molar-refractivity contribution in [1.29, 1.82) is 0 Å². The van der Waals surface area contributed by atoms with Gasteiger partial charge in [-0.15, -0.1) is 0 Å². The Labute approximate surface area is 91.3 Å². The van der Waals surface area contributed by atoms with Crippen molar-refractivity contribution in [3.05, 3.63) is 24.0 Å². The largest absolute Gasteiger partial charge is 0.371 e. The van der Waals surface area contributed by atoms with Crippen LogP contribution in [0.15, 0.2) is 18.2 Å². The number of rotatable bonds is 0. The molecule has 0 fully saturated rings. The number of benzene rings is 1. The highest BCUT2D eigenvalue weighted by molar-refractivity contribution is 5.72. The topological polar surface area (TPSA) is 6.48 Å². The van der Waals surface area contributed by atoms with Crippen molar-refractivity contribution in [1.82, 2.24) is 0 Å². The molecule has 0 aromatic heterocycles. The van der Waals surface area contributed by atoms with Gasteiger partial charge in [-0.3, -0.25) is 0 Å². The van der Waals surface area contributed by atoms with Gasteiger partial charge in [0.15, 0.2) is 0 Å². The summed E-state index contributed by atoms with van der Waals surface area (Å²) in [7, 11) is 4.02. The fourth-order valence-electron chi connectivity index (χ4n) is 1.67. The second-order valence-electron chi connectivity index (χ2n) is 3.48. The summed E-state index contributed by atoms with van der Waals surface area (Å²) in [5, 5.41) is 0. The molecule has 0 aliphatic carbocycles. The standard InChI is InChI=1S/C10H13FN2.C2H6/c1-12-5-6-13(2)10-7-8(11)3-4-9(10)12;1-2/h3-4,7H,5-6H2,1-2H3;1-2H3. The molecular formula is C12H19FN2. The van der Waals surface area contributed by atoms with E-state index < -0.39 is 0 Å². The summed E-state index contributed by atoms with van der Waals surface area (Å²) in [6.45, 7) is 5.95. The second kappa shape index (κ2) is 5.01. The van der Waals surface area contributed by atoms with Gasteiger partial charge in [0.2, 0.25) is 0 Å². The Bertz CT molecular complexity index is 325. The zero-order chi connectivity index (χ0) is 11.4. The van der Waals surface area contributed by atoms with Gasteiger partial charge in [0.05, 0.1) is 11.4 Å². The van der Waals surface area contributed by atoms with Crippen molar-refractivity contribution >= 4 is 11.4 Å². The molecule has 2 rings (SSSR count). The lowest BCUT2D eigenvalue weighted by Gasteiger charge is -2.34. The first-order chi connectivity index (χ1) is 7.18. The maximum Gasteiger partial charge on any atom is 0.125 e. The van der Waals surface area contributed by atoms with E-state index in [2.05, 4.69) is 9.80 Å². The smallest absolute Gasteiger partial charge is 0.125 e. The van der Waals surface area contributed by atoms with E-state index in [9.17, 15) is 4.39 Å². The predicted molar refractivity (Wildman–Crippen MR) is 64.3 cm³/mol. The van der Waals surface area contributed by atoms with Crippen LogP contribution in [0.1, 0.15) is 13.8 Å². The second-order valence-corrected chi connectivity index (χ2v) is 3.48. The zero-order valence-corrected chi connectivity index (χ0v) is 9.92. The fourth-order valence-corrected chi connectivity index (χ4v) is 1.67. The predicted octanol–water partition coefficient (Wildman–Crippen LogP) is 2.74. The summed E-state index contributed by atoms with van der Waals surface area (Å²) in [5.41, 5.74) is 2.09. The Kier molecular flexibility index (Phi) is 3.95. The SMILES string of the molecule is CC.CN1CCN(C)c2cc(F)ccc21. The minimum atomic E-state index is -0.166. The van der Waals surface area contributed by atoms with E-state index >= 15 is 0 Å². The first-order valence-electron chi connectivity index (χ1n) is 5.40. The summed E-state index contributed by atoms with van der Waals surface area (Å²) in [5.74, 6) is -0.166. The molecule has 0 amide bonds. The van der Waals surface area contributed by atoms with Crippen LogP contribution in [0.25, 0.3) is 0 Å². The Balaban J connectivity index is 0.000000531. The minimum absolute atomic E-state index is 0.166. The fraction of sp³-hybridized carbons (Fsp3) is 0.500. The number of likely N-dealkylation sites (N-methyl/N-ethyl adjacent to an activating group) is 2. The minimum Gasteiger partial charge on any atom is -0.371 e. The van der Waals surface area contributed by atoms with Gasteiger partial charge in [-0.05, 0) is 18.2 Å². The molecule has 2 nitrogen and oxygen atoms in total. The molecule has 3 heteroatoms. The van der Waals surface area contributed by atoms with Crippen molar-refractivity contribution in [2.24, 2.45) is 0 Å². The highest BCUT2D eigenvalue weighted by Gasteiger charge is 2.17. The number of nitrogens with zero attached hydrogens (tertiary/aromatic N) is 2. The summed E-state index contributed by atoms with van der Waals surface area (Å²) in [4.78, 5) is 4.23. The highest BCUT2D eigenvalue weighted by Crippen LogP contribution is 2.31. The van der Waals surface area contributed by atoms with E-state index in [1.165, 1.54) is 6.07 Å². The molecular weight excluding hydrogens is 191 g/mol. The monoisotopic (exact) mass is 210 g/mol. The Morgan fingerprint density at radius 1 is 1.00 bits per heavy atom. The number of anilines is 2. The third-order valence-electron chi connectivity index (χ3n) is 2.53. The Morgan fingerprint density at radius 3 is 2.13 bits per heavy atom. The van der Waals surface area contributed by atoms with Crippen molar-refractivity contribution in [3.63, 3.8) is 0 Å². The van der Waals surface area contributed by atoms with Gasteiger partial charge in [-0.1, -0.05) is 13.8 Å². The van der Waals surface area contributed by atoms with Crippen LogP contribution < -0.4 is 9.80 Å². The van der Waals surface area contributed by atoms with Crippen LogP contribution in [-0.4, -0.2) is 27.2 Å². The quantitative estimate of drug-likeness (QED) is 0.649. The van der Waals surface area contributed by atoms with Crippen molar-refractivity contribution in [2.75, 3.05) is 37.0 Å². The molecule has 1 aliphatic heterocycles. The lowest BCUT2D eigenvalue weighted by molar-refractivity contribution is 0.625. The number of fused-ring (bicyclic) bond motifs is 1. The average molecular weight is 210 g/mol. The zero-order valence-electron chi connectivity index (χ0n) is 9.92. The van der Waals surface area contributed by atoms with Crippen LogP contribution in [0.4, 0.5) is 15.8 Å². The molecule has 0 N–H and O–H groups in total. The third kappa shape index (κ3) is 2.41. The molecule has 0 unspecified atom stereocenters. The van der Waals surface area contributed by atoms with E-state index in [0.29, 0.717) is 0 Å². The van der Waals surface area contributed by atoms with E-state index in [1.54, 1.807) is 6.07 Å². The molecule has 0 spiro atoms. The van der Waals surface area contributed by atoms with E-state index in [4.69, 9.17) is 0 Å². The first kappa shape index (κ1) is 11.8. The van der Waals surface area contributed by atoms with Gasteiger partial charge < -0.3 is 9.80 Å². The van der Waals surface area contributed by atoms with Gasteiger partial charge >= 0.3 is 0 Å². The number of halogens is 1. The lowest BCUT2D eigenvalue weighted by Crippen LogP contribution is -2.36. The summed E-state index contributed by atoms with van der Waals surface area (Å²) in [6, 6.07) is 4.93. The van der Waals surface area contributed by atoms with Gasteiger partial charge in [-0.25, -0.2) is 4.39 Å². The Hall–Kier alpha value is -1.25. The molecule has 15 heavy (non-hydrogen) atoms. The molecule has 0 atom stereocenters. The van der Waals surface area contributed by atoms with Crippen molar-refractivity contribution < 1.29 is 4.39 Å². The van der Waals surface area contributed by atoms with Crippen LogP contribution in [0.5, 0.6) is 0 Å². The average Bonchev–Trinajstić information content (AvgIpc) is 2.27. The van der Waals surface area contributed by atoms with Crippen LogP contribution >= 0.6 is 0 Å². The van der Waals surface area contributed by atoms with Gasteiger partial charge in [0.1, 0.15) is 5.82 Å². The van der Waals surface area contributed by atoms with Crippen LogP contribution in [0.2, 0.25) is 0 Å². The molecule has 1 aliphatic rings. The molecule has 84 valence electrons. The normalized spacial score (nSPS) is 14.2. The van der Waals surface area contributed by atoms with E-state index in [0.717, 1.165) is 24.5 Å².